The molecule has 0 unspecified atom stereocenters. The molecular formula is C8H12BrNO3. The molecule has 0 aromatic heterocycles. The number of rotatable bonds is 4. The van der Waals surface area contributed by atoms with E-state index in [9.17, 15) is 9.59 Å². The summed E-state index contributed by atoms with van der Waals surface area (Å²) in [7, 11) is 0. The normalized spacial score (nSPS) is 16.1. The van der Waals surface area contributed by atoms with Gasteiger partial charge < -0.3 is 4.74 Å². The van der Waals surface area contributed by atoms with Crippen molar-refractivity contribution in [3.8, 4) is 0 Å². The first-order valence-electron chi connectivity index (χ1n) is 4.29. The number of nitrogens with zero attached hydrogens (tertiary/aromatic N) is 1. The van der Waals surface area contributed by atoms with Crippen LogP contribution < -0.4 is 0 Å². The fraction of sp³-hybridized carbons (Fsp3) is 0.750. The molecule has 1 rings (SSSR count). The van der Waals surface area contributed by atoms with Crippen LogP contribution in [0.3, 0.4) is 0 Å². The maximum absolute atomic E-state index is 11.3. The van der Waals surface area contributed by atoms with Crippen LogP contribution in [-0.2, 0) is 9.53 Å². The van der Waals surface area contributed by atoms with Crippen molar-refractivity contribution in [1.29, 1.82) is 0 Å². The first-order valence-corrected chi connectivity index (χ1v) is 5.41. The fourth-order valence-corrected chi connectivity index (χ4v) is 1.52. The molecule has 5 heteroatoms. The van der Waals surface area contributed by atoms with E-state index >= 15 is 0 Å². The number of ether oxygens (including phenoxy) is 1. The van der Waals surface area contributed by atoms with Crippen LogP contribution in [0.5, 0.6) is 0 Å². The number of halogens is 1. The molecule has 1 heterocycles. The van der Waals surface area contributed by atoms with Gasteiger partial charge in [0.25, 0.3) is 0 Å². The zero-order valence-corrected chi connectivity index (χ0v) is 8.88. The second-order valence-electron chi connectivity index (χ2n) is 2.81. The zero-order chi connectivity index (χ0) is 9.68. The number of unbranched alkanes of at least 4 members (excludes halogenated alkanes) is 1. The van der Waals surface area contributed by atoms with Crippen LogP contribution in [-0.4, -0.2) is 35.4 Å². The number of hydrogen-bond donors (Lipinski definition) is 0. The van der Waals surface area contributed by atoms with E-state index in [-0.39, 0.29) is 5.91 Å². The summed E-state index contributed by atoms with van der Waals surface area (Å²) in [5.74, 6) is -0.122. The van der Waals surface area contributed by atoms with Gasteiger partial charge in [-0.2, -0.15) is 0 Å². The number of imide groups is 1. The minimum Gasteiger partial charge on any atom is -0.447 e. The third-order valence-electron chi connectivity index (χ3n) is 1.84. The lowest BCUT2D eigenvalue weighted by atomic mass is 10.2. The van der Waals surface area contributed by atoms with Crippen molar-refractivity contribution < 1.29 is 14.3 Å². The molecule has 1 aliphatic heterocycles. The monoisotopic (exact) mass is 249 g/mol. The highest BCUT2D eigenvalue weighted by molar-refractivity contribution is 9.09. The summed E-state index contributed by atoms with van der Waals surface area (Å²) in [5.41, 5.74) is 0. The Labute approximate surface area is 85.4 Å². The first kappa shape index (κ1) is 10.5. The average Bonchev–Trinajstić information content (AvgIpc) is 2.52. The number of cyclic esters (lactones) is 1. The van der Waals surface area contributed by atoms with E-state index in [4.69, 9.17) is 0 Å². The summed E-state index contributed by atoms with van der Waals surface area (Å²) < 4.78 is 4.65. The van der Waals surface area contributed by atoms with E-state index in [0.29, 0.717) is 19.6 Å². The van der Waals surface area contributed by atoms with Gasteiger partial charge in [0.1, 0.15) is 6.61 Å². The number of hydrogen-bond acceptors (Lipinski definition) is 3. The topological polar surface area (TPSA) is 46.6 Å². The van der Waals surface area contributed by atoms with Gasteiger partial charge in [0.05, 0.1) is 6.54 Å². The van der Waals surface area contributed by atoms with E-state index in [1.54, 1.807) is 0 Å². The van der Waals surface area contributed by atoms with E-state index in [2.05, 4.69) is 20.7 Å². The van der Waals surface area contributed by atoms with Crippen LogP contribution in [0.25, 0.3) is 0 Å². The first-order chi connectivity index (χ1) is 6.25. The van der Waals surface area contributed by atoms with Gasteiger partial charge in [-0.05, 0) is 12.8 Å². The van der Waals surface area contributed by atoms with Crippen LogP contribution in [0.15, 0.2) is 0 Å². The Morgan fingerprint density at radius 1 is 1.54 bits per heavy atom. The summed E-state index contributed by atoms with van der Waals surface area (Å²) in [6.45, 7) is 0.745. The Morgan fingerprint density at radius 3 is 2.85 bits per heavy atom. The lowest BCUT2D eigenvalue weighted by Crippen LogP contribution is -2.31. The molecule has 0 N–H and O–H groups in total. The van der Waals surface area contributed by atoms with Crippen LogP contribution >= 0.6 is 15.9 Å². The number of amides is 2. The SMILES string of the molecule is O=C(CCCCBr)N1CCOC1=O. The predicted octanol–water partition coefficient (Wildman–Crippen LogP) is 1.53. The number of alkyl halides is 1. The lowest BCUT2D eigenvalue weighted by molar-refractivity contribution is -0.127. The van der Waals surface area contributed by atoms with Crippen molar-refractivity contribution in [3.05, 3.63) is 0 Å². The molecule has 13 heavy (non-hydrogen) atoms. The van der Waals surface area contributed by atoms with Crippen LogP contribution in [0.2, 0.25) is 0 Å². The number of carbonyl (C=O) groups is 2. The Hall–Kier alpha value is -0.580. The molecule has 0 bridgehead atoms. The molecule has 1 saturated heterocycles. The second-order valence-corrected chi connectivity index (χ2v) is 3.60. The minimum atomic E-state index is -0.496. The van der Waals surface area contributed by atoms with E-state index in [1.165, 1.54) is 4.90 Å². The molecule has 1 aliphatic rings. The molecule has 2 amide bonds. The standard InChI is InChI=1S/C8H12BrNO3/c9-4-2-1-3-7(11)10-5-6-13-8(10)12/h1-6H2. The van der Waals surface area contributed by atoms with Gasteiger partial charge in [-0.15, -0.1) is 0 Å². The molecule has 0 aromatic carbocycles. The zero-order valence-electron chi connectivity index (χ0n) is 7.29. The maximum Gasteiger partial charge on any atom is 0.416 e. The average molecular weight is 250 g/mol. The Bertz CT molecular complexity index is 208. The highest BCUT2D eigenvalue weighted by Crippen LogP contribution is 2.08. The van der Waals surface area contributed by atoms with Crippen molar-refractivity contribution in [2.75, 3.05) is 18.5 Å². The molecule has 0 saturated carbocycles. The molecule has 0 aromatic rings. The third kappa shape index (κ3) is 2.99. The van der Waals surface area contributed by atoms with Crippen molar-refractivity contribution >= 4 is 27.9 Å². The molecular weight excluding hydrogens is 238 g/mol. The van der Waals surface area contributed by atoms with Crippen LogP contribution in [0.1, 0.15) is 19.3 Å². The molecule has 0 radical (unpaired) electrons. The minimum absolute atomic E-state index is 0.122. The third-order valence-corrected chi connectivity index (χ3v) is 2.40. The highest BCUT2D eigenvalue weighted by atomic mass is 79.9. The summed E-state index contributed by atoms with van der Waals surface area (Å²) in [6.07, 6.45) is 1.70. The summed E-state index contributed by atoms with van der Waals surface area (Å²) >= 11 is 3.28. The van der Waals surface area contributed by atoms with Gasteiger partial charge in [-0.25, -0.2) is 9.69 Å². The van der Waals surface area contributed by atoms with E-state index in [1.807, 2.05) is 0 Å². The summed E-state index contributed by atoms with van der Waals surface area (Å²) in [4.78, 5) is 23.4. The van der Waals surface area contributed by atoms with Crippen LogP contribution in [0.4, 0.5) is 4.79 Å². The van der Waals surface area contributed by atoms with E-state index in [0.717, 1.165) is 18.2 Å². The van der Waals surface area contributed by atoms with Gasteiger partial charge >= 0.3 is 6.09 Å². The molecule has 74 valence electrons. The second kappa shape index (κ2) is 5.21. The largest absolute Gasteiger partial charge is 0.447 e. The highest BCUT2D eigenvalue weighted by Gasteiger charge is 2.27. The summed E-state index contributed by atoms with van der Waals surface area (Å²) in [6, 6.07) is 0. The fourth-order valence-electron chi connectivity index (χ4n) is 1.13. The van der Waals surface area contributed by atoms with Crippen molar-refractivity contribution in [2.24, 2.45) is 0 Å². The van der Waals surface area contributed by atoms with Gasteiger partial charge in [0, 0.05) is 11.8 Å². The van der Waals surface area contributed by atoms with E-state index < -0.39 is 6.09 Å². The quantitative estimate of drug-likeness (QED) is 0.561. The Morgan fingerprint density at radius 2 is 2.31 bits per heavy atom. The van der Waals surface area contributed by atoms with Crippen LogP contribution in [0, 0.1) is 0 Å². The van der Waals surface area contributed by atoms with Crippen molar-refractivity contribution in [3.63, 3.8) is 0 Å². The maximum atomic E-state index is 11.3. The molecule has 0 aliphatic carbocycles. The predicted molar refractivity (Wildman–Crippen MR) is 50.7 cm³/mol. The smallest absolute Gasteiger partial charge is 0.416 e. The Kier molecular flexibility index (Phi) is 4.21. The molecule has 4 nitrogen and oxygen atoms in total. The van der Waals surface area contributed by atoms with Gasteiger partial charge in [-0.1, -0.05) is 15.9 Å². The summed E-state index contributed by atoms with van der Waals surface area (Å²) in [5, 5.41) is 0.894. The molecule has 1 fully saturated rings. The molecule has 0 spiro atoms. The van der Waals surface area contributed by atoms with Crippen molar-refractivity contribution in [1.82, 2.24) is 4.90 Å². The van der Waals surface area contributed by atoms with Gasteiger partial charge in [0.15, 0.2) is 0 Å². The van der Waals surface area contributed by atoms with Gasteiger partial charge in [-0.3, -0.25) is 4.79 Å². The molecule has 0 atom stereocenters. The number of carbonyl (C=O) groups excluding carboxylic acids is 2. The lowest BCUT2D eigenvalue weighted by Gasteiger charge is -2.09. The van der Waals surface area contributed by atoms with Crippen molar-refractivity contribution in [2.45, 2.75) is 19.3 Å². The Balaban J connectivity index is 2.26. The van der Waals surface area contributed by atoms with Gasteiger partial charge in [0.2, 0.25) is 5.91 Å².